The highest BCUT2D eigenvalue weighted by atomic mass is 79.9. The van der Waals surface area contributed by atoms with Gasteiger partial charge in [0, 0.05) is 48.0 Å². The molecule has 2 heterocycles. The lowest BCUT2D eigenvalue weighted by atomic mass is 9.96. The molecule has 1 N–H and O–H groups in total. The van der Waals surface area contributed by atoms with Gasteiger partial charge in [-0.15, -0.1) is 0 Å². The molecule has 148 valence electrons. The van der Waals surface area contributed by atoms with Gasteiger partial charge in [-0.3, -0.25) is 4.79 Å². The molecule has 0 saturated carbocycles. The summed E-state index contributed by atoms with van der Waals surface area (Å²) in [6, 6.07) is 18.1. The van der Waals surface area contributed by atoms with Crippen molar-refractivity contribution in [1.82, 2.24) is 15.3 Å². The summed E-state index contributed by atoms with van der Waals surface area (Å²) >= 11 is 3.43. The van der Waals surface area contributed by atoms with Crippen molar-refractivity contribution in [3.8, 4) is 11.1 Å². The summed E-state index contributed by atoms with van der Waals surface area (Å²) in [5.74, 6) is 0.914. The lowest BCUT2D eigenvalue weighted by Crippen LogP contribution is -2.41. The maximum absolute atomic E-state index is 12.5. The Labute approximate surface area is 179 Å². The van der Waals surface area contributed by atoms with Crippen LogP contribution in [0.25, 0.3) is 11.1 Å². The largest absolute Gasteiger partial charge is 0.352 e. The lowest BCUT2D eigenvalue weighted by molar-refractivity contribution is -0.125. The first-order valence-corrected chi connectivity index (χ1v) is 10.6. The number of hydrogen-bond donors (Lipinski definition) is 1. The Kier molecular flexibility index (Phi) is 6.20. The number of nitrogens with zero attached hydrogens (tertiary/aromatic N) is 3. The van der Waals surface area contributed by atoms with E-state index in [0.29, 0.717) is 6.54 Å². The van der Waals surface area contributed by atoms with E-state index >= 15 is 0 Å². The minimum atomic E-state index is 0.0466. The molecule has 1 saturated heterocycles. The Bertz CT molecular complexity index is 937. The summed E-state index contributed by atoms with van der Waals surface area (Å²) in [6.45, 7) is 2.15. The fourth-order valence-corrected chi connectivity index (χ4v) is 3.81. The van der Waals surface area contributed by atoms with Gasteiger partial charge in [0.25, 0.3) is 0 Å². The summed E-state index contributed by atoms with van der Waals surface area (Å²) < 4.78 is 1.04. The second kappa shape index (κ2) is 9.18. The van der Waals surface area contributed by atoms with Gasteiger partial charge < -0.3 is 10.2 Å². The van der Waals surface area contributed by atoms with Gasteiger partial charge in [-0.2, -0.15) is 0 Å². The van der Waals surface area contributed by atoms with Crippen LogP contribution >= 0.6 is 15.9 Å². The van der Waals surface area contributed by atoms with Crippen molar-refractivity contribution in [2.75, 3.05) is 18.0 Å². The van der Waals surface area contributed by atoms with Crippen molar-refractivity contribution < 1.29 is 4.79 Å². The molecule has 4 rings (SSSR count). The van der Waals surface area contributed by atoms with Crippen molar-refractivity contribution in [3.05, 3.63) is 77.0 Å². The minimum Gasteiger partial charge on any atom is -0.352 e. The van der Waals surface area contributed by atoms with Gasteiger partial charge in [0.05, 0.1) is 0 Å². The molecule has 3 aromatic rings. The van der Waals surface area contributed by atoms with Crippen LogP contribution < -0.4 is 10.2 Å². The van der Waals surface area contributed by atoms with Gasteiger partial charge >= 0.3 is 0 Å². The molecule has 0 atom stereocenters. The van der Waals surface area contributed by atoms with Crippen LogP contribution in [0.5, 0.6) is 0 Å². The first kappa shape index (κ1) is 19.6. The molecule has 1 fully saturated rings. The molecule has 0 spiro atoms. The number of carbonyl (C=O) groups is 1. The maximum Gasteiger partial charge on any atom is 0.225 e. The average Bonchev–Trinajstić information content (AvgIpc) is 2.79. The van der Waals surface area contributed by atoms with Gasteiger partial charge in [0.1, 0.15) is 0 Å². The maximum atomic E-state index is 12.5. The smallest absolute Gasteiger partial charge is 0.225 e. The van der Waals surface area contributed by atoms with Gasteiger partial charge in [-0.25, -0.2) is 9.97 Å². The van der Waals surface area contributed by atoms with E-state index in [9.17, 15) is 4.79 Å². The van der Waals surface area contributed by atoms with Crippen LogP contribution in [0.4, 0.5) is 5.95 Å². The van der Waals surface area contributed by atoms with Crippen molar-refractivity contribution in [3.63, 3.8) is 0 Å². The Morgan fingerprint density at radius 2 is 1.62 bits per heavy atom. The Morgan fingerprint density at radius 1 is 0.966 bits per heavy atom. The second-order valence-electron chi connectivity index (χ2n) is 7.24. The van der Waals surface area contributed by atoms with Crippen LogP contribution in [0.2, 0.25) is 0 Å². The van der Waals surface area contributed by atoms with Crippen LogP contribution in [-0.2, 0) is 11.3 Å². The summed E-state index contributed by atoms with van der Waals surface area (Å²) in [7, 11) is 0. The molecular weight excluding hydrogens is 428 g/mol. The Morgan fingerprint density at radius 3 is 2.28 bits per heavy atom. The molecule has 1 aromatic heterocycles. The molecule has 29 heavy (non-hydrogen) atoms. The van der Waals surface area contributed by atoms with E-state index in [1.54, 1.807) is 0 Å². The average molecular weight is 451 g/mol. The zero-order chi connectivity index (χ0) is 20.1. The molecular formula is C23H23BrN4O. The number of rotatable bonds is 5. The van der Waals surface area contributed by atoms with Crippen LogP contribution in [0, 0.1) is 5.92 Å². The van der Waals surface area contributed by atoms with Gasteiger partial charge in [0.2, 0.25) is 11.9 Å². The third kappa shape index (κ3) is 5.01. The quantitative estimate of drug-likeness (QED) is 0.623. The fraction of sp³-hybridized carbons (Fsp3) is 0.261. The molecule has 1 aliphatic heterocycles. The second-order valence-corrected chi connectivity index (χ2v) is 8.16. The Balaban J connectivity index is 1.28. The first-order valence-electron chi connectivity index (χ1n) is 9.83. The third-order valence-corrected chi connectivity index (χ3v) is 5.80. The van der Waals surface area contributed by atoms with Crippen LogP contribution in [-0.4, -0.2) is 29.0 Å². The molecule has 1 aliphatic rings. The van der Waals surface area contributed by atoms with Crippen molar-refractivity contribution in [2.24, 2.45) is 5.92 Å². The third-order valence-electron chi connectivity index (χ3n) is 5.27. The zero-order valence-corrected chi connectivity index (χ0v) is 17.7. The summed E-state index contributed by atoms with van der Waals surface area (Å²) in [5.41, 5.74) is 3.22. The number of aromatic nitrogens is 2. The molecule has 5 nitrogen and oxygen atoms in total. The van der Waals surface area contributed by atoms with Gasteiger partial charge in [0.15, 0.2) is 0 Å². The van der Waals surface area contributed by atoms with Crippen molar-refractivity contribution in [2.45, 2.75) is 19.4 Å². The lowest BCUT2D eigenvalue weighted by Gasteiger charge is -2.31. The van der Waals surface area contributed by atoms with E-state index < -0.39 is 0 Å². The highest BCUT2D eigenvalue weighted by Gasteiger charge is 2.26. The first-order chi connectivity index (χ1) is 14.2. The molecule has 2 aromatic carbocycles. The number of halogens is 1. The highest BCUT2D eigenvalue weighted by Crippen LogP contribution is 2.23. The van der Waals surface area contributed by atoms with Crippen molar-refractivity contribution >= 4 is 27.8 Å². The highest BCUT2D eigenvalue weighted by molar-refractivity contribution is 9.10. The molecule has 0 bridgehead atoms. The topological polar surface area (TPSA) is 58.1 Å². The number of amides is 1. The Hall–Kier alpha value is -2.73. The molecule has 0 radical (unpaired) electrons. The number of anilines is 1. The number of piperidine rings is 1. The molecule has 0 unspecified atom stereocenters. The molecule has 1 amide bonds. The van der Waals surface area contributed by atoms with Crippen LogP contribution in [0.15, 0.2) is 71.5 Å². The van der Waals surface area contributed by atoms with E-state index in [1.807, 2.05) is 54.9 Å². The van der Waals surface area contributed by atoms with Crippen LogP contribution in [0.3, 0.4) is 0 Å². The van der Waals surface area contributed by atoms with E-state index in [0.717, 1.165) is 53.0 Å². The number of hydrogen-bond acceptors (Lipinski definition) is 4. The SMILES string of the molecule is O=C(NCc1ccc(Br)cc1)C1CCN(c2ncc(-c3ccccc3)cn2)CC1. The molecule has 0 aliphatic carbocycles. The van der Waals surface area contributed by atoms with Crippen molar-refractivity contribution in [1.29, 1.82) is 0 Å². The number of nitrogens with one attached hydrogen (secondary N) is 1. The number of carbonyl (C=O) groups excluding carboxylic acids is 1. The predicted molar refractivity (Wildman–Crippen MR) is 118 cm³/mol. The van der Waals surface area contributed by atoms with E-state index in [4.69, 9.17) is 0 Å². The standard InChI is InChI=1S/C23H23BrN4O/c24-21-8-6-17(7-9-21)14-25-22(29)19-10-12-28(13-11-19)23-26-15-20(16-27-23)18-4-2-1-3-5-18/h1-9,15-16,19H,10-14H2,(H,25,29). The molecule has 6 heteroatoms. The predicted octanol–water partition coefficient (Wildman–Crippen LogP) is 4.44. The summed E-state index contributed by atoms with van der Waals surface area (Å²) in [5, 5.41) is 3.06. The summed E-state index contributed by atoms with van der Waals surface area (Å²) in [6.07, 6.45) is 5.37. The minimum absolute atomic E-state index is 0.0466. The van der Waals surface area contributed by atoms with E-state index in [2.05, 4.69) is 48.2 Å². The fourth-order valence-electron chi connectivity index (χ4n) is 3.54. The van der Waals surface area contributed by atoms with E-state index in [1.165, 1.54) is 0 Å². The van der Waals surface area contributed by atoms with E-state index in [-0.39, 0.29) is 11.8 Å². The van der Waals surface area contributed by atoms with Gasteiger partial charge in [-0.05, 0) is 36.1 Å². The van der Waals surface area contributed by atoms with Crippen LogP contribution in [0.1, 0.15) is 18.4 Å². The number of benzene rings is 2. The zero-order valence-electron chi connectivity index (χ0n) is 16.1. The van der Waals surface area contributed by atoms with Gasteiger partial charge in [-0.1, -0.05) is 58.4 Å². The monoisotopic (exact) mass is 450 g/mol. The summed E-state index contributed by atoms with van der Waals surface area (Å²) in [4.78, 5) is 23.8. The normalized spacial score (nSPS) is 14.6.